The summed E-state index contributed by atoms with van der Waals surface area (Å²) < 4.78 is 15.4. The maximum atomic E-state index is 10.8. The largest absolute Gasteiger partial charge is 0.496 e. The van der Waals surface area contributed by atoms with Crippen molar-refractivity contribution in [3.63, 3.8) is 0 Å². The highest BCUT2D eigenvalue weighted by atomic mass is 16.6. The molecule has 0 aromatic heterocycles. The number of hydrogen-bond donors (Lipinski definition) is 1. The third-order valence-electron chi connectivity index (χ3n) is 2.86. The van der Waals surface area contributed by atoms with Gasteiger partial charge in [-0.3, -0.25) is 10.1 Å². The van der Waals surface area contributed by atoms with Crippen LogP contribution in [0.3, 0.4) is 0 Å². The Morgan fingerprint density at radius 3 is 2.71 bits per heavy atom. The van der Waals surface area contributed by atoms with Gasteiger partial charge in [0.05, 0.1) is 25.2 Å². The Balaban J connectivity index is 2.33. The summed E-state index contributed by atoms with van der Waals surface area (Å²) in [5.41, 5.74) is 0.836. The van der Waals surface area contributed by atoms with Crippen LogP contribution in [0.25, 0.3) is 0 Å². The van der Waals surface area contributed by atoms with Crippen LogP contribution in [0.2, 0.25) is 0 Å². The van der Waals surface area contributed by atoms with E-state index in [0.29, 0.717) is 32.1 Å². The molecule has 0 aliphatic heterocycles. The second-order valence-electron chi connectivity index (χ2n) is 4.39. The van der Waals surface area contributed by atoms with Crippen molar-refractivity contribution in [2.75, 3.05) is 40.6 Å². The van der Waals surface area contributed by atoms with Gasteiger partial charge < -0.3 is 19.5 Å². The smallest absolute Gasteiger partial charge is 0.270 e. The highest BCUT2D eigenvalue weighted by molar-refractivity contribution is 5.43. The van der Waals surface area contributed by atoms with Gasteiger partial charge in [-0.15, -0.1) is 0 Å². The van der Waals surface area contributed by atoms with E-state index in [1.54, 1.807) is 20.3 Å². The van der Waals surface area contributed by atoms with E-state index in [9.17, 15) is 10.1 Å². The van der Waals surface area contributed by atoms with Gasteiger partial charge >= 0.3 is 0 Å². The van der Waals surface area contributed by atoms with Crippen LogP contribution in [-0.4, -0.2) is 45.5 Å². The van der Waals surface area contributed by atoms with E-state index < -0.39 is 4.92 Å². The maximum absolute atomic E-state index is 10.8. The number of non-ortho nitro benzene ring substituents is 1. The predicted molar refractivity (Wildman–Crippen MR) is 78.7 cm³/mol. The lowest BCUT2D eigenvalue weighted by atomic mass is 10.1. The molecule has 0 unspecified atom stereocenters. The summed E-state index contributed by atoms with van der Waals surface area (Å²) in [6, 6.07) is 4.58. The normalized spacial score (nSPS) is 10.6. The van der Waals surface area contributed by atoms with Crippen LogP contribution in [0.4, 0.5) is 5.69 Å². The van der Waals surface area contributed by atoms with Crippen molar-refractivity contribution in [2.45, 2.75) is 13.0 Å². The quantitative estimate of drug-likeness (QED) is 0.381. The van der Waals surface area contributed by atoms with Crippen molar-refractivity contribution in [1.29, 1.82) is 0 Å². The molecule has 0 aliphatic carbocycles. The van der Waals surface area contributed by atoms with Crippen molar-refractivity contribution in [3.05, 3.63) is 33.9 Å². The number of nitrogens with zero attached hydrogens (tertiary/aromatic N) is 1. The van der Waals surface area contributed by atoms with Crippen molar-refractivity contribution >= 4 is 5.69 Å². The number of nitro groups is 1. The lowest BCUT2D eigenvalue weighted by Crippen LogP contribution is -2.17. The van der Waals surface area contributed by atoms with Crippen LogP contribution >= 0.6 is 0 Å². The van der Waals surface area contributed by atoms with Crippen LogP contribution in [0.5, 0.6) is 5.75 Å². The van der Waals surface area contributed by atoms with E-state index in [2.05, 4.69) is 5.32 Å². The predicted octanol–water partition coefficient (Wildman–Crippen LogP) is 1.75. The molecule has 1 aromatic rings. The average molecular weight is 298 g/mol. The first-order valence-corrected chi connectivity index (χ1v) is 6.77. The molecule has 0 fully saturated rings. The number of nitrogens with one attached hydrogen (secondary N) is 1. The van der Waals surface area contributed by atoms with Crippen molar-refractivity contribution in [1.82, 2.24) is 5.32 Å². The summed E-state index contributed by atoms with van der Waals surface area (Å²) in [5, 5.41) is 14.0. The minimum absolute atomic E-state index is 0.0653. The Hall–Kier alpha value is -1.70. The summed E-state index contributed by atoms with van der Waals surface area (Å²) >= 11 is 0. The number of methoxy groups -OCH3 is 2. The molecule has 7 nitrogen and oxygen atoms in total. The van der Waals surface area contributed by atoms with Crippen LogP contribution < -0.4 is 10.1 Å². The molecule has 0 aliphatic rings. The molecule has 0 atom stereocenters. The average Bonchev–Trinajstić information content (AvgIpc) is 2.49. The molecule has 1 aromatic carbocycles. The number of rotatable bonds is 11. The molecule has 0 amide bonds. The lowest BCUT2D eigenvalue weighted by molar-refractivity contribution is -0.384. The van der Waals surface area contributed by atoms with E-state index >= 15 is 0 Å². The van der Waals surface area contributed by atoms with Gasteiger partial charge in [-0.2, -0.15) is 0 Å². The Morgan fingerprint density at radius 2 is 2.05 bits per heavy atom. The zero-order valence-electron chi connectivity index (χ0n) is 12.5. The van der Waals surface area contributed by atoms with Gasteiger partial charge in [0.1, 0.15) is 5.75 Å². The minimum atomic E-state index is -0.410. The third-order valence-corrected chi connectivity index (χ3v) is 2.86. The molecule has 118 valence electrons. The molecule has 0 saturated heterocycles. The molecular weight excluding hydrogens is 276 g/mol. The fourth-order valence-corrected chi connectivity index (χ4v) is 1.78. The molecule has 1 rings (SSSR count). The minimum Gasteiger partial charge on any atom is -0.496 e. The van der Waals surface area contributed by atoms with Gasteiger partial charge in [-0.25, -0.2) is 0 Å². The number of hydrogen-bond acceptors (Lipinski definition) is 6. The summed E-state index contributed by atoms with van der Waals surface area (Å²) in [4.78, 5) is 10.4. The van der Waals surface area contributed by atoms with Gasteiger partial charge in [-0.05, 0) is 19.0 Å². The number of nitro benzene ring substituents is 1. The van der Waals surface area contributed by atoms with E-state index in [1.807, 2.05) is 0 Å². The summed E-state index contributed by atoms with van der Waals surface area (Å²) in [5.74, 6) is 0.643. The SMILES string of the molecule is COCCOCCCNCc1cc([N+](=O)[O-])ccc1OC. The summed E-state index contributed by atoms with van der Waals surface area (Å²) in [6.07, 6.45) is 0.862. The second kappa shape index (κ2) is 10.1. The van der Waals surface area contributed by atoms with Crippen LogP contribution in [0.15, 0.2) is 18.2 Å². The first-order valence-electron chi connectivity index (χ1n) is 6.77. The van der Waals surface area contributed by atoms with Crippen molar-refractivity contribution in [2.24, 2.45) is 0 Å². The van der Waals surface area contributed by atoms with Gasteiger partial charge in [0.25, 0.3) is 5.69 Å². The standard InChI is InChI=1S/C14H22N2O5/c1-19-8-9-21-7-3-6-15-11-12-10-13(16(17)18)4-5-14(12)20-2/h4-5,10,15H,3,6-9,11H2,1-2H3. The molecule has 21 heavy (non-hydrogen) atoms. The van der Waals surface area contributed by atoms with E-state index in [0.717, 1.165) is 18.5 Å². The Labute approximate surface area is 124 Å². The summed E-state index contributed by atoms with van der Waals surface area (Å²) in [7, 11) is 3.19. The van der Waals surface area contributed by atoms with Gasteiger partial charge in [-0.1, -0.05) is 0 Å². The van der Waals surface area contributed by atoms with Crippen LogP contribution in [0.1, 0.15) is 12.0 Å². The monoisotopic (exact) mass is 298 g/mol. The van der Waals surface area contributed by atoms with E-state index in [-0.39, 0.29) is 5.69 Å². The molecule has 0 heterocycles. The highest BCUT2D eigenvalue weighted by Crippen LogP contribution is 2.23. The Bertz CT molecular complexity index is 439. The molecule has 0 radical (unpaired) electrons. The number of ether oxygens (including phenoxy) is 3. The zero-order chi connectivity index (χ0) is 15.5. The number of benzene rings is 1. The van der Waals surface area contributed by atoms with Crippen LogP contribution in [0, 0.1) is 10.1 Å². The Morgan fingerprint density at radius 1 is 1.24 bits per heavy atom. The van der Waals surface area contributed by atoms with Gasteiger partial charge in [0.2, 0.25) is 0 Å². The fourth-order valence-electron chi connectivity index (χ4n) is 1.78. The molecule has 0 saturated carbocycles. The fraction of sp³-hybridized carbons (Fsp3) is 0.571. The van der Waals surface area contributed by atoms with Crippen molar-refractivity contribution < 1.29 is 19.1 Å². The molecule has 0 bridgehead atoms. The first kappa shape index (κ1) is 17.4. The first-order chi connectivity index (χ1) is 10.2. The lowest BCUT2D eigenvalue weighted by Gasteiger charge is -2.09. The molecule has 0 spiro atoms. The molecular formula is C14H22N2O5. The highest BCUT2D eigenvalue weighted by Gasteiger charge is 2.10. The Kier molecular flexibility index (Phi) is 8.34. The van der Waals surface area contributed by atoms with E-state index in [4.69, 9.17) is 14.2 Å². The second-order valence-corrected chi connectivity index (χ2v) is 4.39. The zero-order valence-corrected chi connectivity index (χ0v) is 12.5. The maximum Gasteiger partial charge on any atom is 0.270 e. The topological polar surface area (TPSA) is 82.9 Å². The van der Waals surface area contributed by atoms with Crippen molar-refractivity contribution in [3.8, 4) is 5.75 Å². The molecule has 1 N–H and O–H groups in total. The third kappa shape index (κ3) is 6.52. The summed E-state index contributed by atoms with van der Waals surface area (Å²) in [6.45, 7) is 3.12. The van der Waals surface area contributed by atoms with Gasteiger partial charge in [0.15, 0.2) is 0 Å². The van der Waals surface area contributed by atoms with E-state index in [1.165, 1.54) is 12.1 Å². The van der Waals surface area contributed by atoms with Gasteiger partial charge in [0, 0.05) is 38.0 Å². The van der Waals surface area contributed by atoms with Crippen LogP contribution in [-0.2, 0) is 16.0 Å². The molecule has 7 heteroatoms.